The Kier molecular flexibility index (Phi) is 6.79. The SMILES string of the molecule is CCOC(=O)CN(C)CC(=O)Nc1ccccc1I. The molecule has 0 aliphatic rings. The minimum absolute atomic E-state index is 0.104. The third kappa shape index (κ3) is 6.02. The van der Waals surface area contributed by atoms with Gasteiger partial charge < -0.3 is 10.1 Å². The van der Waals surface area contributed by atoms with Crippen molar-refractivity contribution in [1.82, 2.24) is 4.90 Å². The standard InChI is InChI=1S/C13H17IN2O3/c1-3-19-13(18)9-16(2)8-12(17)15-11-7-5-4-6-10(11)14/h4-7H,3,8-9H2,1-2H3,(H,15,17). The van der Waals surface area contributed by atoms with Gasteiger partial charge in [0, 0.05) is 3.57 Å². The van der Waals surface area contributed by atoms with Crippen LogP contribution in [-0.4, -0.2) is 43.5 Å². The molecule has 0 aromatic heterocycles. The zero-order valence-corrected chi connectivity index (χ0v) is 13.1. The predicted octanol–water partition coefficient (Wildman–Crippen LogP) is 1.72. The van der Waals surface area contributed by atoms with Crippen LogP contribution >= 0.6 is 22.6 Å². The fourth-order valence-corrected chi connectivity index (χ4v) is 2.00. The summed E-state index contributed by atoms with van der Waals surface area (Å²) in [5, 5.41) is 2.81. The average molecular weight is 376 g/mol. The molecule has 0 fully saturated rings. The third-order valence-corrected chi connectivity index (χ3v) is 3.21. The van der Waals surface area contributed by atoms with Crippen molar-refractivity contribution in [2.75, 3.05) is 32.1 Å². The number of halogens is 1. The number of nitrogens with zero attached hydrogens (tertiary/aromatic N) is 1. The minimum Gasteiger partial charge on any atom is -0.465 e. The van der Waals surface area contributed by atoms with Crippen molar-refractivity contribution >= 4 is 40.2 Å². The van der Waals surface area contributed by atoms with Gasteiger partial charge in [-0.3, -0.25) is 14.5 Å². The number of anilines is 1. The second-order valence-electron chi connectivity index (χ2n) is 4.01. The molecule has 0 unspecified atom stereocenters. The molecule has 19 heavy (non-hydrogen) atoms. The summed E-state index contributed by atoms with van der Waals surface area (Å²) in [5.74, 6) is -0.483. The third-order valence-electron chi connectivity index (χ3n) is 2.27. The lowest BCUT2D eigenvalue weighted by atomic mass is 10.3. The monoisotopic (exact) mass is 376 g/mol. The Morgan fingerprint density at radius 2 is 2.00 bits per heavy atom. The van der Waals surface area contributed by atoms with Crippen molar-refractivity contribution in [2.24, 2.45) is 0 Å². The summed E-state index contributed by atoms with van der Waals surface area (Å²) in [6, 6.07) is 7.52. The molecule has 0 radical (unpaired) electrons. The Labute approximate surface area is 126 Å². The van der Waals surface area contributed by atoms with E-state index in [2.05, 4.69) is 27.9 Å². The van der Waals surface area contributed by atoms with Crippen LogP contribution < -0.4 is 5.32 Å². The van der Waals surface area contributed by atoms with Gasteiger partial charge in [-0.05, 0) is 48.7 Å². The van der Waals surface area contributed by atoms with E-state index in [1.54, 1.807) is 18.9 Å². The predicted molar refractivity (Wildman–Crippen MR) is 81.9 cm³/mol. The quantitative estimate of drug-likeness (QED) is 0.607. The van der Waals surface area contributed by atoms with Crippen LogP contribution in [0.1, 0.15) is 6.92 Å². The van der Waals surface area contributed by atoms with Crippen LogP contribution in [0.5, 0.6) is 0 Å². The topological polar surface area (TPSA) is 58.6 Å². The average Bonchev–Trinajstić information content (AvgIpc) is 2.31. The van der Waals surface area contributed by atoms with Crippen molar-refractivity contribution in [3.05, 3.63) is 27.8 Å². The van der Waals surface area contributed by atoms with Gasteiger partial charge in [-0.1, -0.05) is 12.1 Å². The molecule has 0 saturated heterocycles. The maximum absolute atomic E-state index is 11.8. The van der Waals surface area contributed by atoms with E-state index in [4.69, 9.17) is 4.74 Å². The maximum atomic E-state index is 11.8. The number of likely N-dealkylation sites (N-methyl/N-ethyl adjacent to an activating group) is 1. The number of carbonyl (C=O) groups excluding carboxylic acids is 2. The number of hydrogen-bond acceptors (Lipinski definition) is 4. The lowest BCUT2D eigenvalue weighted by Crippen LogP contribution is -2.34. The summed E-state index contributed by atoms with van der Waals surface area (Å²) in [6.45, 7) is 2.35. The zero-order valence-electron chi connectivity index (χ0n) is 11.0. The number of carbonyl (C=O) groups is 2. The molecular formula is C13H17IN2O3. The van der Waals surface area contributed by atoms with Crippen LogP contribution in [0.2, 0.25) is 0 Å². The van der Waals surface area contributed by atoms with Crippen LogP contribution in [0.4, 0.5) is 5.69 Å². The van der Waals surface area contributed by atoms with Gasteiger partial charge in [0.1, 0.15) is 0 Å². The van der Waals surface area contributed by atoms with Crippen molar-refractivity contribution < 1.29 is 14.3 Å². The van der Waals surface area contributed by atoms with Gasteiger partial charge in [0.25, 0.3) is 0 Å². The van der Waals surface area contributed by atoms with Crippen LogP contribution in [0.25, 0.3) is 0 Å². The second-order valence-corrected chi connectivity index (χ2v) is 5.17. The highest BCUT2D eigenvalue weighted by Crippen LogP contribution is 2.16. The number of nitrogens with one attached hydrogen (secondary N) is 1. The van der Waals surface area contributed by atoms with Gasteiger partial charge in [-0.2, -0.15) is 0 Å². The number of para-hydroxylation sites is 1. The van der Waals surface area contributed by atoms with Crippen molar-refractivity contribution in [2.45, 2.75) is 6.92 Å². The normalized spacial score (nSPS) is 10.3. The van der Waals surface area contributed by atoms with Gasteiger partial charge in [-0.15, -0.1) is 0 Å². The molecule has 1 N–H and O–H groups in total. The van der Waals surface area contributed by atoms with E-state index in [0.717, 1.165) is 9.26 Å². The lowest BCUT2D eigenvalue weighted by Gasteiger charge is -2.15. The Morgan fingerprint density at radius 3 is 2.63 bits per heavy atom. The number of benzene rings is 1. The number of rotatable bonds is 6. The van der Waals surface area contributed by atoms with Gasteiger partial charge in [0.15, 0.2) is 0 Å². The molecule has 0 aliphatic carbocycles. The maximum Gasteiger partial charge on any atom is 0.320 e. The summed E-state index contributed by atoms with van der Waals surface area (Å²) < 4.78 is 5.79. The van der Waals surface area contributed by atoms with Crippen LogP contribution in [0.3, 0.4) is 0 Å². The molecule has 1 amide bonds. The van der Waals surface area contributed by atoms with Crippen LogP contribution in [-0.2, 0) is 14.3 Å². The number of esters is 1. The molecule has 0 heterocycles. The molecule has 0 aliphatic heterocycles. The van der Waals surface area contributed by atoms with Crippen LogP contribution in [0, 0.1) is 3.57 Å². The summed E-state index contributed by atoms with van der Waals surface area (Å²) in [5.41, 5.74) is 0.776. The minimum atomic E-state index is -0.327. The fourth-order valence-electron chi connectivity index (χ4n) is 1.48. The Bertz CT molecular complexity index is 451. The number of hydrogen-bond donors (Lipinski definition) is 1. The summed E-state index contributed by atoms with van der Waals surface area (Å²) in [6.07, 6.45) is 0. The highest BCUT2D eigenvalue weighted by atomic mass is 127. The molecule has 0 saturated carbocycles. The molecule has 1 aromatic carbocycles. The smallest absolute Gasteiger partial charge is 0.320 e. The van der Waals surface area contributed by atoms with E-state index >= 15 is 0 Å². The molecule has 0 spiro atoms. The first-order valence-electron chi connectivity index (χ1n) is 5.91. The first kappa shape index (κ1) is 15.9. The first-order valence-corrected chi connectivity index (χ1v) is 6.99. The summed E-state index contributed by atoms with van der Waals surface area (Å²) >= 11 is 2.16. The van der Waals surface area contributed by atoms with Gasteiger partial charge in [-0.25, -0.2) is 0 Å². The fraction of sp³-hybridized carbons (Fsp3) is 0.385. The lowest BCUT2D eigenvalue weighted by molar-refractivity contribution is -0.144. The van der Waals surface area contributed by atoms with E-state index in [0.29, 0.717) is 6.61 Å². The van der Waals surface area contributed by atoms with Crippen molar-refractivity contribution in [3.63, 3.8) is 0 Å². The molecule has 104 valence electrons. The first-order chi connectivity index (χ1) is 9.02. The summed E-state index contributed by atoms with van der Waals surface area (Å²) in [4.78, 5) is 24.7. The zero-order chi connectivity index (χ0) is 14.3. The molecule has 1 rings (SSSR count). The Morgan fingerprint density at radius 1 is 1.32 bits per heavy atom. The van der Waals surface area contributed by atoms with Crippen molar-refractivity contribution in [3.8, 4) is 0 Å². The highest BCUT2D eigenvalue weighted by molar-refractivity contribution is 14.1. The van der Waals surface area contributed by atoms with Gasteiger partial charge in [0.2, 0.25) is 5.91 Å². The van der Waals surface area contributed by atoms with E-state index in [1.807, 2.05) is 24.3 Å². The molecule has 5 nitrogen and oxygen atoms in total. The molecule has 6 heteroatoms. The Hall–Kier alpha value is -1.15. The van der Waals surface area contributed by atoms with E-state index < -0.39 is 0 Å². The van der Waals surface area contributed by atoms with Crippen molar-refractivity contribution in [1.29, 1.82) is 0 Å². The molecular weight excluding hydrogens is 359 g/mol. The molecule has 0 bridgehead atoms. The van der Waals surface area contributed by atoms with Crippen LogP contribution in [0.15, 0.2) is 24.3 Å². The van der Waals surface area contributed by atoms with E-state index in [1.165, 1.54) is 0 Å². The Balaban J connectivity index is 2.43. The van der Waals surface area contributed by atoms with Gasteiger partial charge in [0.05, 0.1) is 25.4 Å². The molecule has 1 aromatic rings. The highest BCUT2D eigenvalue weighted by Gasteiger charge is 2.12. The van der Waals surface area contributed by atoms with Gasteiger partial charge >= 0.3 is 5.97 Å². The van der Waals surface area contributed by atoms with E-state index in [9.17, 15) is 9.59 Å². The van der Waals surface area contributed by atoms with E-state index in [-0.39, 0.29) is 25.0 Å². The number of ether oxygens (including phenoxy) is 1. The number of amides is 1. The second kappa shape index (κ2) is 8.11. The largest absolute Gasteiger partial charge is 0.465 e. The summed E-state index contributed by atoms with van der Waals surface area (Å²) in [7, 11) is 1.70. The molecule has 0 atom stereocenters.